The van der Waals surface area contributed by atoms with Gasteiger partial charge in [0.05, 0.1) is 0 Å². The van der Waals surface area contributed by atoms with Gasteiger partial charge in [0.25, 0.3) is 0 Å². The first-order chi connectivity index (χ1) is 5.63. The molecule has 0 unspecified atom stereocenters. The fourth-order valence-electron chi connectivity index (χ4n) is 1.81. The second-order valence-corrected chi connectivity index (χ2v) is 4.95. The molecule has 1 aromatic carbocycles. The SMILES string of the molecule is C[C@H]1C[C@]1(C)c1ccc(Br)cc1. The molecule has 12 heavy (non-hydrogen) atoms. The Morgan fingerprint density at radius 1 is 1.33 bits per heavy atom. The fourth-order valence-corrected chi connectivity index (χ4v) is 2.07. The first kappa shape index (κ1) is 8.31. The van der Waals surface area contributed by atoms with Crippen molar-refractivity contribution in [3.05, 3.63) is 34.3 Å². The summed E-state index contributed by atoms with van der Waals surface area (Å²) in [5, 5.41) is 0. The Morgan fingerprint density at radius 3 is 2.25 bits per heavy atom. The first-order valence-corrected chi connectivity index (χ1v) is 5.18. The summed E-state index contributed by atoms with van der Waals surface area (Å²) in [7, 11) is 0. The maximum Gasteiger partial charge on any atom is 0.0175 e. The Bertz CT molecular complexity index is 288. The first-order valence-electron chi connectivity index (χ1n) is 4.39. The molecule has 0 radical (unpaired) electrons. The fraction of sp³-hybridized carbons (Fsp3) is 0.455. The highest BCUT2D eigenvalue weighted by Gasteiger charge is 2.47. The van der Waals surface area contributed by atoms with E-state index in [1.807, 2.05) is 0 Å². The molecule has 0 amide bonds. The normalized spacial score (nSPS) is 33.4. The second-order valence-electron chi connectivity index (χ2n) is 4.03. The maximum atomic E-state index is 3.45. The van der Waals surface area contributed by atoms with Gasteiger partial charge in [-0.25, -0.2) is 0 Å². The van der Waals surface area contributed by atoms with Gasteiger partial charge >= 0.3 is 0 Å². The molecule has 2 rings (SSSR count). The lowest BCUT2D eigenvalue weighted by atomic mass is 9.96. The molecule has 1 aromatic rings. The van der Waals surface area contributed by atoms with Crippen LogP contribution >= 0.6 is 15.9 Å². The number of rotatable bonds is 1. The van der Waals surface area contributed by atoms with Crippen LogP contribution in [0.3, 0.4) is 0 Å². The Kier molecular flexibility index (Phi) is 1.80. The maximum absolute atomic E-state index is 3.45. The van der Waals surface area contributed by atoms with Crippen molar-refractivity contribution in [1.82, 2.24) is 0 Å². The van der Waals surface area contributed by atoms with Crippen LogP contribution < -0.4 is 0 Å². The van der Waals surface area contributed by atoms with Crippen LogP contribution in [0.25, 0.3) is 0 Å². The predicted octanol–water partition coefficient (Wildman–Crippen LogP) is 3.75. The van der Waals surface area contributed by atoms with E-state index in [-0.39, 0.29) is 0 Å². The molecular formula is C11H13Br. The van der Waals surface area contributed by atoms with E-state index in [1.165, 1.54) is 16.5 Å². The van der Waals surface area contributed by atoms with E-state index >= 15 is 0 Å². The number of hydrogen-bond acceptors (Lipinski definition) is 0. The summed E-state index contributed by atoms with van der Waals surface area (Å²) >= 11 is 3.45. The highest BCUT2D eigenvalue weighted by atomic mass is 79.9. The van der Waals surface area contributed by atoms with Gasteiger partial charge in [0.15, 0.2) is 0 Å². The van der Waals surface area contributed by atoms with Gasteiger partial charge in [0, 0.05) is 4.47 Å². The van der Waals surface area contributed by atoms with Gasteiger partial charge in [-0.15, -0.1) is 0 Å². The molecule has 1 fully saturated rings. The highest BCUT2D eigenvalue weighted by molar-refractivity contribution is 9.10. The van der Waals surface area contributed by atoms with Crippen LogP contribution in [0, 0.1) is 5.92 Å². The number of hydrogen-bond donors (Lipinski definition) is 0. The third-order valence-corrected chi connectivity index (χ3v) is 3.69. The van der Waals surface area contributed by atoms with Crippen molar-refractivity contribution in [2.75, 3.05) is 0 Å². The number of halogens is 1. The minimum atomic E-state index is 0.473. The third-order valence-electron chi connectivity index (χ3n) is 3.16. The van der Waals surface area contributed by atoms with Crippen LogP contribution in [0.5, 0.6) is 0 Å². The van der Waals surface area contributed by atoms with Crippen LogP contribution in [0.1, 0.15) is 25.8 Å². The van der Waals surface area contributed by atoms with Crippen molar-refractivity contribution < 1.29 is 0 Å². The molecule has 0 heterocycles. The van der Waals surface area contributed by atoms with Gasteiger partial charge in [-0.2, -0.15) is 0 Å². The van der Waals surface area contributed by atoms with Crippen molar-refractivity contribution in [2.45, 2.75) is 25.7 Å². The van der Waals surface area contributed by atoms with E-state index in [9.17, 15) is 0 Å². The van der Waals surface area contributed by atoms with Crippen molar-refractivity contribution in [1.29, 1.82) is 0 Å². The summed E-state index contributed by atoms with van der Waals surface area (Å²) < 4.78 is 1.17. The van der Waals surface area contributed by atoms with Crippen molar-refractivity contribution in [3.8, 4) is 0 Å². The smallest absolute Gasteiger partial charge is 0.0175 e. The van der Waals surface area contributed by atoms with Crippen molar-refractivity contribution in [2.24, 2.45) is 5.92 Å². The molecule has 0 aromatic heterocycles. The summed E-state index contributed by atoms with van der Waals surface area (Å²) in [6.07, 6.45) is 1.34. The number of benzene rings is 1. The molecule has 0 spiro atoms. The summed E-state index contributed by atoms with van der Waals surface area (Å²) in [6, 6.07) is 8.72. The average molecular weight is 225 g/mol. The van der Waals surface area contributed by atoms with Crippen LogP contribution in [-0.2, 0) is 5.41 Å². The molecule has 0 N–H and O–H groups in total. The van der Waals surface area contributed by atoms with Gasteiger partial charge in [0.2, 0.25) is 0 Å². The molecule has 0 nitrogen and oxygen atoms in total. The Balaban J connectivity index is 2.31. The van der Waals surface area contributed by atoms with E-state index in [4.69, 9.17) is 0 Å². The molecule has 0 aliphatic heterocycles. The molecular weight excluding hydrogens is 212 g/mol. The molecule has 0 bridgehead atoms. The lowest BCUT2D eigenvalue weighted by Gasteiger charge is -2.09. The van der Waals surface area contributed by atoms with Gasteiger partial charge in [0.1, 0.15) is 0 Å². The van der Waals surface area contributed by atoms with E-state index in [0.29, 0.717) is 5.41 Å². The summed E-state index contributed by atoms with van der Waals surface area (Å²) in [4.78, 5) is 0. The minimum absolute atomic E-state index is 0.473. The van der Waals surface area contributed by atoms with Crippen LogP contribution in [0.2, 0.25) is 0 Å². The Labute approximate surface area is 82.1 Å². The van der Waals surface area contributed by atoms with Crippen molar-refractivity contribution >= 4 is 15.9 Å². The van der Waals surface area contributed by atoms with Gasteiger partial charge in [-0.1, -0.05) is 41.9 Å². The molecule has 1 saturated carbocycles. The van der Waals surface area contributed by atoms with E-state index in [1.54, 1.807) is 0 Å². The molecule has 1 heteroatoms. The minimum Gasteiger partial charge on any atom is -0.0616 e. The van der Waals surface area contributed by atoms with Crippen LogP contribution in [0.15, 0.2) is 28.7 Å². The topological polar surface area (TPSA) is 0 Å². The zero-order chi connectivity index (χ0) is 8.77. The standard InChI is InChI=1S/C11H13Br/c1-8-7-11(8,2)9-3-5-10(12)6-4-9/h3-6,8H,7H2,1-2H3/t8-,11-/m0/s1. The summed E-state index contributed by atoms with van der Waals surface area (Å²) in [6.45, 7) is 4.67. The largest absolute Gasteiger partial charge is 0.0616 e. The average Bonchev–Trinajstić information content (AvgIpc) is 2.62. The highest BCUT2D eigenvalue weighted by Crippen LogP contribution is 2.53. The van der Waals surface area contributed by atoms with Crippen molar-refractivity contribution in [3.63, 3.8) is 0 Å². The third kappa shape index (κ3) is 1.20. The van der Waals surface area contributed by atoms with E-state index < -0.39 is 0 Å². The lowest BCUT2D eigenvalue weighted by molar-refractivity contribution is 0.702. The molecule has 1 aliphatic rings. The molecule has 0 saturated heterocycles. The van der Waals surface area contributed by atoms with Gasteiger partial charge in [-0.05, 0) is 35.4 Å². The second kappa shape index (κ2) is 2.59. The summed E-state index contributed by atoms with van der Waals surface area (Å²) in [5.74, 6) is 0.860. The van der Waals surface area contributed by atoms with E-state index in [2.05, 4.69) is 54.0 Å². The van der Waals surface area contributed by atoms with Gasteiger partial charge < -0.3 is 0 Å². The molecule has 1 aliphatic carbocycles. The van der Waals surface area contributed by atoms with Crippen LogP contribution in [-0.4, -0.2) is 0 Å². The quantitative estimate of drug-likeness (QED) is 0.682. The Hall–Kier alpha value is -0.300. The zero-order valence-electron chi connectivity index (χ0n) is 7.47. The van der Waals surface area contributed by atoms with Crippen LogP contribution in [0.4, 0.5) is 0 Å². The van der Waals surface area contributed by atoms with E-state index in [0.717, 1.165) is 5.92 Å². The van der Waals surface area contributed by atoms with Gasteiger partial charge in [-0.3, -0.25) is 0 Å². The molecule has 2 atom stereocenters. The summed E-state index contributed by atoms with van der Waals surface area (Å²) in [5.41, 5.74) is 1.96. The lowest BCUT2D eigenvalue weighted by Crippen LogP contribution is -2.01. The Morgan fingerprint density at radius 2 is 1.83 bits per heavy atom. The molecule has 64 valence electrons. The monoisotopic (exact) mass is 224 g/mol. The predicted molar refractivity (Wildman–Crippen MR) is 55.3 cm³/mol. The zero-order valence-corrected chi connectivity index (χ0v) is 9.06.